The fourth-order valence-electron chi connectivity index (χ4n) is 7.26. The van der Waals surface area contributed by atoms with Crippen LogP contribution in [0.2, 0.25) is 0 Å². The van der Waals surface area contributed by atoms with Gasteiger partial charge in [-0.05, 0) is 117 Å². The maximum atomic E-state index is 2.47. The molecule has 6 aromatic rings. The number of allylic oxidation sites excluding steroid dienone is 3. The van der Waals surface area contributed by atoms with Gasteiger partial charge in [-0.25, -0.2) is 0 Å². The molecule has 198 valence electrons. The largest absolute Gasteiger partial charge is 0.311 e. The van der Waals surface area contributed by atoms with E-state index in [1.54, 1.807) is 0 Å². The highest BCUT2D eigenvalue weighted by Crippen LogP contribution is 2.55. The second-order valence-electron chi connectivity index (χ2n) is 12.2. The molecule has 41 heavy (non-hydrogen) atoms. The molecule has 1 nitrogen and oxygen atoms in total. The smallest absolute Gasteiger partial charge is 0.0467 e. The van der Waals surface area contributed by atoms with Crippen molar-refractivity contribution in [2.45, 2.75) is 39.0 Å². The van der Waals surface area contributed by atoms with Crippen LogP contribution in [-0.2, 0) is 5.41 Å². The Kier molecular flexibility index (Phi) is 5.28. The van der Waals surface area contributed by atoms with Crippen LogP contribution in [0.3, 0.4) is 0 Å². The number of hydrogen-bond acceptors (Lipinski definition) is 1. The highest BCUT2D eigenvalue weighted by molar-refractivity contribution is 6.18. The molecule has 0 saturated heterocycles. The zero-order valence-electron chi connectivity index (χ0n) is 23.9. The summed E-state index contributed by atoms with van der Waals surface area (Å²) in [6, 6.07) is 38.7. The monoisotopic (exact) mass is 527 g/mol. The van der Waals surface area contributed by atoms with E-state index in [0.717, 1.165) is 12.8 Å². The lowest BCUT2D eigenvalue weighted by atomic mass is 9.79. The maximum Gasteiger partial charge on any atom is 0.0467 e. The van der Waals surface area contributed by atoms with Crippen LogP contribution in [0.15, 0.2) is 127 Å². The molecular weight excluding hydrogens is 494 g/mol. The van der Waals surface area contributed by atoms with Gasteiger partial charge in [-0.3, -0.25) is 0 Å². The summed E-state index contributed by atoms with van der Waals surface area (Å²) in [5.74, 6) is 0. The summed E-state index contributed by atoms with van der Waals surface area (Å²) in [6.45, 7) is 6.96. The van der Waals surface area contributed by atoms with E-state index in [4.69, 9.17) is 0 Å². The Labute approximate surface area is 242 Å². The zero-order chi connectivity index (χ0) is 27.7. The van der Waals surface area contributed by atoms with E-state index >= 15 is 0 Å². The number of nitrogens with zero attached hydrogens (tertiary/aromatic N) is 1. The van der Waals surface area contributed by atoms with Crippen LogP contribution in [0.25, 0.3) is 43.4 Å². The SMILES string of the molecule is Cc1ccc(N(C2=CCCC=C2)c2ccc3cc4c(cc3c2)C(C)(C)c2c-4c3ccccc3c3ccccc23)cc1. The molecule has 0 N–H and O–H groups in total. The van der Waals surface area contributed by atoms with Crippen molar-refractivity contribution in [2.75, 3.05) is 4.90 Å². The molecular formula is C40H33N. The van der Waals surface area contributed by atoms with Gasteiger partial charge in [-0.1, -0.05) is 98.3 Å². The third-order valence-electron chi connectivity index (χ3n) is 9.24. The molecule has 0 saturated carbocycles. The molecule has 0 fully saturated rings. The fourth-order valence-corrected chi connectivity index (χ4v) is 7.26. The number of aryl methyl sites for hydroxylation is 1. The highest BCUT2D eigenvalue weighted by atomic mass is 15.1. The summed E-state index contributed by atoms with van der Waals surface area (Å²) in [7, 11) is 0. The van der Waals surface area contributed by atoms with Gasteiger partial charge in [0.1, 0.15) is 0 Å². The predicted octanol–water partition coefficient (Wildman–Crippen LogP) is 11.1. The number of rotatable bonds is 3. The van der Waals surface area contributed by atoms with Crippen LogP contribution in [0.1, 0.15) is 43.4 Å². The molecule has 1 heteroatoms. The highest BCUT2D eigenvalue weighted by Gasteiger charge is 2.38. The lowest BCUT2D eigenvalue weighted by Gasteiger charge is -2.28. The average Bonchev–Trinajstić information content (AvgIpc) is 3.24. The van der Waals surface area contributed by atoms with E-state index in [9.17, 15) is 0 Å². The van der Waals surface area contributed by atoms with Gasteiger partial charge >= 0.3 is 0 Å². The number of benzene rings is 6. The first kappa shape index (κ1) is 24.2. The van der Waals surface area contributed by atoms with Gasteiger partial charge in [0.05, 0.1) is 0 Å². The zero-order valence-corrected chi connectivity index (χ0v) is 23.9. The maximum absolute atomic E-state index is 2.47. The van der Waals surface area contributed by atoms with Gasteiger partial charge in [-0.2, -0.15) is 0 Å². The molecule has 0 heterocycles. The molecule has 2 aliphatic carbocycles. The molecule has 8 rings (SSSR count). The van der Waals surface area contributed by atoms with Crippen LogP contribution in [0.5, 0.6) is 0 Å². The van der Waals surface area contributed by atoms with Gasteiger partial charge in [-0.15, -0.1) is 0 Å². The quantitative estimate of drug-likeness (QED) is 0.207. The lowest BCUT2D eigenvalue weighted by Crippen LogP contribution is -2.16. The molecule has 0 aromatic heterocycles. The van der Waals surface area contributed by atoms with E-state index in [1.807, 2.05) is 0 Å². The van der Waals surface area contributed by atoms with E-state index in [0.29, 0.717) is 0 Å². The van der Waals surface area contributed by atoms with Gasteiger partial charge in [0.15, 0.2) is 0 Å². The van der Waals surface area contributed by atoms with E-state index < -0.39 is 0 Å². The van der Waals surface area contributed by atoms with Gasteiger partial charge in [0.25, 0.3) is 0 Å². The Hall–Kier alpha value is -4.62. The normalized spacial score (nSPS) is 15.2. The van der Waals surface area contributed by atoms with Crippen molar-refractivity contribution in [3.8, 4) is 11.1 Å². The van der Waals surface area contributed by atoms with Crippen molar-refractivity contribution < 1.29 is 0 Å². The molecule has 0 atom stereocenters. The third-order valence-corrected chi connectivity index (χ3v) is 9.24. The molecule has 2 aliphatic rings. The van der Waals surface area contributed by atoms with Crippen LogP contribution in [0.4, 0.5) is 11.4 Å². The second kappa shape index (κ2) is 8.94. The van der Waals surface area contributed by atoms with Crippen LogP contribution in [-0.4, -0.2) is 0 Å². The Balaban J connectivity index is 1.36. The van der Waals surface area contributed by atoms with Crippen molar-refractivity contribution in [1.82, 2.24) is 0 Å². The molecule has 0 bridgehead atoms. The second-order valence-corrected chi connectivity index (χ2v) is 12.2. The minimum atomic E-state index is -0.107. The molecule has 0 aliphatic heterocycles. The van der Waals surface area contributed by atoms with Crippen molar-refractivity contribution in [3.05, 3.63) is 144 Å². The third kappa shape index (κ3) is 3.62. The van der Waals surface area contributed by atoms with Crippen LogP contribution < -0.4 is 4.90 Å². The van der Waals surface area contributed by atoms with Gasteiger partial charge in [0, 0.05) is 22.5 Å². The summed E-state index contributed by atoms with van der Waals surface area (Å²) in [5.41, 5.74) is 10.5. The molecule has 0 amide bonds. The topological polar surface area (TPSA) is 3.24 Å². The summed E-state index contributed by atoms with van der Waals surface area (Å²) in [6.07, 6.45) is 9.10. The lowest BCUT2D eigenvalue weighted by molar-refractivity contribution is 0.667. The summed E-state index contributed by atoms with van der Waals surface area (Å²) in [5, 5.41) is 7.97. The molecule has 6 aromatic carbocycles. The standard InChI is InChI=1S/C40H33N/c1-26-17-20-30(21-18-26)41(29-11-5-4-6-12-29)31-22-19-27-24-36-37(25-28(27)23-31)40(2,3)39-35-16-10-8-14-33(35)32-13-7-9-15-34(32)38(36)39/h5,7-25H,4,6H2,1-3H3. The first-order valence-electron chi connectivity index (χ1n) is 14.8. The van der Waals surface area contributed by atoms with Crippen molar-refractivity contribution >= 4 is 43.7 Å². The average molecular weight is 528 g/mol. The molecule has 0 unspecified atom stereocenters. The summed E-state index contributed by atoms with van der Waals surface area (Å²) >= 11 is 0. The first-order chi connectivity index (χ1) is 20.0. The fraction of sp³-hybridized carbons (Fsp3) is 0.150. The first-order valence-corrected chi connectivity index (χ1v) is 14.8. The minimum Gasteiger partial charge on any atom is -0.311 e. The summed E-state index contributed by atoms with van der Waals surface area (Å²) in [4.78, 5) is 2.41. The van der Waals surface area contributed by atoms with E-state index in [1.165, 1.54) is 77.2 Å². The minimum absolute atomic E-state index is 0.107. The number of anilines is 2. The van der Waals surface area contributed by atoms with Crippen molar-refractivity contribution in [3.63, 3.8) is 0 Å². The Morgan fingerprint density at radius 1 is 0.634 bits per heavy atom. The summed E-state index contributed by atoms with van der Waals surface area (Å²) < 4.78 is 0. The van der Waals surface area contributed by atoms with Crippen molar-refractivity contribution in [2.24, 2.45) is 0 Å². The van der Waals surface area contributed by atoms with E-state index in [-0.39, 0.29) is 5.41 Å². The van der Waals surface area contributed by atoms with Gasteiger partial charge < -0.3 is 4.90 Å². The van der Waals surface area contributed by atoms with Crippen LogP contribution in [0, 0.1) is 6.92 Å². The van der Waals surface area contributed by atoms with Gasteiger partial charge in [0.2, 0.25) is 0 Å². The Morgan fingerprint density at radius 2 is 1.32 bits per heavy atom. The van der Waals surface area contributed by atoms with E-state index in [2.05, 4.69) is 147 Å². The van der Waals surface area contributed by atoms with Crippen molar-refractivity contribution in [1.29, 1.82) is 0 Å². The number of hydrogen-bond donors (Lipinski definition) is 0. The molecule has 0 radical (unpaired) electrons. The predicted molar refractivity (Wildman–Crippen MR) is 176 cm³/mol. The Bertz CT molecular complexity index is 2070. The number of fused-ring (bicyclic) bond motifs is 9. The molecule has 0 spiro atoms. The Morgan fingerprint density at radius 3 is 2.05 bits per heavy atom. The van der Waals surface area contributed by atoms with Crippen LogP contribution >= 0.6 is 0 Å².